The summed E-state index contributed by atoms with van der Waals surface area (Å²) < 4.78 is 0. The van der Waals surface area contributed by atoms with E-state index < -0.39 is 0 Å². The average molecular weight is 113 g/mol. The first-order valence-electron chi connectivity index (χ1n) is 2.62. The van der Waals surface area contributed by atoms with E-state index in [0.717, 1.165) is 19.2 Å². The highest BCUT2D eigenvalue weighted by atomic mass is 14.9. The number of aliphatic imine (C=N–C) groups is 1. The summed E-state index contributed by atoms with van der Waals surface area (Å²) in [6, 6.07) is 0. The zero-order valence-corrected chi connectivity index (χ0v) is 5.02. The highest BCUT2D eigenvalue weighted by Crippen LogP contribution is 1.83. The highest BCUT2D eigenvalue weighted by molar-refractivity contribution is 5.86. The summed E-state index contributed by atoms with van der Waals surface area (Å²) in [4.78, 5) is 3.55. The first kappa shape index (κ1) is 7.14. The molecule has 0 bridgehead atoms. The standard InChI is InChI=1S/C5H11N3/c1-2-3-5(7)8-4-6/h4H,2-3H2,1H3,(H3,6,7,8). The lowest BCUT2D eigenvalue weighted by Crippen LogP contribution is -2.10. The fourth-order valence-corrected chi connectivity index (χ4v) is 0.404. The Morgan fingerprint density at radius 2 is 2.50 bits per heavy atom. The maximum Gasteiger partial charge on any atom is 0.109 e. The minimum atomic E-state index is 0.544. The zero-order valence-electron chi connectivity index (χ0n) is 5.02. The molecule has 0 fully saturated rings. The van der Waals surface area contributed by atoms with Gasteiger partial charge in [0.25, 0.3) is 0 Å². The van der Waals surface area contributed by atoms with Gasteiger partial charge in [0.05, 0.1) is 0 Å². The summed E-state index contributed by atoms with van der Waals surface area (Å²) >= 11 is 0. The van der Waals surface area contributed by atoms with Crippen LogP contribution in [0.25, 0.3) is 0 Å². The summed E-state index contributed by atoms with van der Waals surface area (Å²) in [5.74, 6) is 0.544. The number of nitrogens with two attached hydrogens (primary N) is 1. The number of nitrogens with one attached hydrogen (secondary N) is 1. The van der Waals surface area contributed by atoms with Gasteiger partial charge in [-0.25, -0.2) is 4.99 Å². The first-order chi connectivity index (χ1) is 3.81. The summed E-state index contributed by atoms with van der Waals surface area (Å²) in [5, 5.41) is 6.52. The monoisotopic (exact) mass is 113 g/mol. The lowest BCUT2D eigenvalue weighted by molar-refractivity contribution is 0.985. The van der Waals surface area contributed by atoms with E-state index in [9.17, 15) is 0 Å². The van der Waals surface area contributed by atoms with E-state index in [1.165, 1.54) is 0 Å². The van der Waals surface area contributed by atoms with Crippen molar-refractivity contribution in [3.8, 4) is 0 Å². The van der Waals surface area contributed by atoms with Crippen LogP contribution in [0.2, 0.25) is 0 Å². The summed E-state index contributed by atoms with van der Waals surface area (Å²) in [5.41, 5.74) is 5.29. The van der Waals surface area contributed by atoms with Gasteiger partial charge < -0.3 is 5.73 Å². The van der Waals surface area contributed by atoms with Crippen LogP contribution in [0.3, 0.4) is 0 Å². The van der Waals surface area contributed by atoms with Crippen LogP contribution in [-0.2, 0) is 0 Å². The van der Waals surface area contributed by atoms with Gasteiger partial charge in [-0.1, -0.05) is 6.92 Å². The lowest BCUT2D eigenvalue weighted by atomic mass is 10.3. The largest absolute Gasteiger partial charge is 0.387 e. The third-order valence-corrected chi connectivity index (χ3v) is 0.737. The zero-order chi connectivity index (χ0) is 6.41. The molecule has 0 rings (SSSR count). The van der Waals surface area contributed by atoms with E-state index in [1.807, 2.05) is 6.92 Å². The molecule has 0 aliphatic rings. The van der Waals surface area contributed by atoms with Crippen LogP contribution in [0.5, 0.6) is 0 Å². The van der Waals surface area contributed by atoms with Crippen LogP contribution in [0.15, 0.2) is 4.99 Å². The Kier molecular flexibility index (Phi) is 3.84. The van der Waals surface area contributed by atoms with Gasteiger partial charge in [-0.3, -0.25) is 5.41 Å². The first-order valence-corrected chi connectivity index (χ1v) is 2.62. The van der Waals surface area contributed by atoms with Crippen molar-refractivity contribution in [1.29, 1.82) is 5.41 Å². The molecule has 8 heavy (non-hydrogen) atoms. The fraction of sp³-hybridized carbons (Fsp3) is 0.600. The van der Waals surface area contributed by atoms with Crippen LogP contribution in [0.1, 0.15) is 19.8 Å². The van der Waals surface area contributed by atoms with Gasteiger partial charge in [0.2, 0.25) is 0 Å². The summed E-state index contributed by atoms with van der Waals surface area (Å²) in [6.07, 6.45) is 2.74. The third-order valence-electron chi connectivity index (χ3n) is 0.737. The minimum Gasteiger partial charge on any atom is -0.387 e. The van der Waals surface area contributed by atoms with Crippen molar-refractivity contribution in [2.24, 2.45) is 10.7 Å². The molecule has 3 nitrogen and oxygen atoms in total. The molecule has 0 radical (unpaired) electrons. The third kappa shape index (κ3) is 3.33. The van der Waals surface area contributed by atoms with Gasteiger partial charge >= 0.3 is 0 Å². The van der Waals surface area contributed by atoms with E-state index >= 15 is 0 Å². The van der Waals surface area contributed by atoms with Crippen LogP contribution in [0, 0.1) is 5.41 Å². The normalized spacial score (nSPS) is 11.4. The Hall–Kier alpha value is -0.860. The van der Waals surface area contributed by atoms with Gasteiger partial charge in [0, 0.05) is 6.42 Å². The van der Waals surface area contributed by atoms with Crippen molar-refractivity contribution >= 4 is 12.2 Å². The van der Waals surface area contributed by atoms with Gasteiger partial charge in [-0.15, -0.1) is 0 Å². The van der Waals surface area contributed by atoms with E-state index in [0.29, 0.717) is 5.84 Å². The predicted octanol–water partition coefficient (Wildman–Crippen LogP) is 0.751. The molecule has 0 saturated heterocycles. The van der Waals surface area contributed by atoms with Crippen molar-refractivity contribution < 1.29 is 0 Å². The van der Waals surface area contributed by atoms with Crippen molar-refractivity contribution in [3.05, 3.63) is 0 Å². The number of hydrogen-bond acceptors (Lipinski definition) is 1. The van der Waals surface area contributed by atoms with Crippen LogP contribution < -0.4 is 5.73 Å². The molecule has 3 N–H and O–H groups in total. The van der Waals surface area contributed by atoms with Gasteiger partial charge in [0.1, 0.15) is 12.2 Å². The summed E-state index contributed by atoms with van der Waals surface area (Å²) in [6.45, 7) is 2.02. The maximum atomic E-state index is 6.52. The molecule has 0 spiro atoms. The van der Waals surface area contributed by atoms with Crippen molar-refractivity contribution in [1.82, 2.24) is 0 Å². The number of nitrogens with zero attached hydrogens (tertiary/aromatic N) is 1. The molecule has 0 saturated carbocycles. The van der Waals surface area contributed by atoms with Gasteiger partial charge in [-0.05, 0) is 6.42 Å². The Morgan fingerprint density at radius 1 is 1.88 bits per heavy atom. The smallest absolute Gasteiger partial charge is 0.109 e. The molecule has 0 atom stereocenters. The van der Waals surface area contributed by atoms with Crippen molar-refractivity contribution in [3.63, 3.8) is 0 Å². The molecule has 0 aliphatic carbocycles. The predicted molar refractivity (Wildman–Crippen MR) is 35.3 cm³/mol. The van der Waals surface area contributed by atoms with E-state index in [2.05, 4.69) is 4.99 Å². The second kappa shape index (κ2) is 4.30. The van der Waals surface area contributed by atoms with E-state index in [4.69, 9.17) is 11.1 Å². The number of hydrogen-bond donors (Lipinski definition) is 2. The molecule has 0 aromatic rings. The van der Waals surface area contributed by atoms with Crippen LogP contribution in [-0.4, -0.2) is 12.2 Å². The quantitative estimate of drug-likeness (QED) is 0.411. The second-order valence-corrected chi connectivity index (χ2v) is 1.50. The van der Waals surface area contributed by atoms with Gasteiger partial charge in [-0.2, -0.15) is 0 Å². The van der Waals surface area contributed by atoms with Crippen molar-refractivity contribution in [2.75, 3.05) is 0 Å². The molecule has 46 valence electrons. The van der Waals surface area contributed by atoms with E-state index in [-0.39, 0.29) is 0 Å². The number of rotatable bonds is 3. The Bertz CT molecular complexity index is 95.8. The van der Waals surface area contributed by atoms with E-state index in [1.54, 1.807) is 0 Å². The molecule has 0 amide bonds. The lowest BCUT2D eigenvalue weighted by Gasteiger charge is -1.90. The topological polar surface area (TPSA) is 62.2 Å². The van der Waals surface area contributed by atoms with Crippen LogP contribution >= 0.6 is 0 Å². The molecule has 0 heterocycles. The Morgan fingerprint density at radius 3 is 2.88 bits per heavy atom. The summed E-state index contributed by atoms with van der Waals surface area (Å²) in [7, 11) is 0. The number of amidine groups is 1. The molecular formula is C5H11N3. The molecule has 0 aromatic heterocycles. The molecule has 3 heteroatoms. The molecule has 0 unspecified atom stereocenters. The Balaban J connectivity index is 3.44. The fourth-order valence-electron chi connectivity index (χ4n) is 0.404. The maximum absolute atomic E-state index is 6.52. The SMILES string of the molecule is CCCC(N)=NC=N. The molecule has 0 aromatic carbocycles. The molecule has 0 aliphatic heterocycles. The highest BCUT2D eigenvalue weighted by Gasteiger charge is 1.84. The van der Waals surface area contributed by atoms with Crippen LogP contribution in [0.4, 0.5) is 0 Å². The van der Waals surface area contributed by atoms with Crippen molar-refractivity contribution in [2.45, 2.75) is 19.8 Å². The average Bonchev–Trinajstić information content (AvgIpc) is 1.68. The molecular weight excluding hydrogens is 102 g/mol. The second-order valence-electron chi connectivity index (χ2n) is 1.50. The Labute approximate surface area is 49.1 Å². The van der Waals surface area contributed by atoms with Gasteiger partial charge in [0.15, 0.2) is 0 Å². The minimum absolute atomic E-state index is 0.544.